The normalized spacial score (nSPS) is 15.7. The van der Waals surface area contributed by atoms with E-state index in [1.807, 2.05) is 44.3 Å². The van der Waals surface area contributed by atoms with Crippen LogP contribution in [0.4, 0.5) is 0 Å². The van der Waals surface area contributed by atoms with Gasteiger partial charge < -0.3 is 5.11 Å². The fourth-order valence-electron chi connectivity index (χ4n) is 1.78. The Hall–Kier alpha value is -1.02. The van der Waals surface area contributed by atoms with E-state index in [0.717, 1.165) is 17.7 Å². The molecule has 0 heterocycles. The summed E-state index contributed by atoms with van der Waals surface area (Å²) in [6, 6.07) is 12.2. The number of hydrogen-bond donors (Lipinski definition) is 2. The zero-order chi connectivity index (χ0) is 13.4. The molecule has 3 nitrogen and oxygen atoms in total. The van der Waals surface area contributed by atoms with Gasteiger partial charge in [0.25, 0.3) is 0 Å². The number of thioether (sulfide) groups is 1. The quantitative estimate of drug-likeness (QED) is 0.792. The molecule has 0 radical (unpaired) electrons. The van der Waals surface area contributed by atoms with E-state index in [1.54, 1.807) is 11.8 Å². The summed E-state index contributed by atoms with van der Waals surface area (Å²) in [7, 11) is 1.82. The molecule has 98 valence electrons. The average molecular weight is 264 g/mol. The molecule has 4 heteroatoms. The van der Waals surface area contributed by atoms with Crippen LogP contribution in [-0.4, -0.2) is 29.8 Å². The van der Waals surface area contributed by atoms with Gasteiger partial charge in [0, 0.05) is 5.25 Å². The lowest BCUT2D eigenvalue weighted by atomic mass is 9.89. The van der Waals surface area contributed by atoms with Gasteiger partial charge in [-0.25, -0.2) is 0 Å². The Morgan fingerprint density at radius 3 is 2.61 bits per heavy atom. The number of nitrogens with zero attached hydrogens (tertiary/aromatic N) is 1. The van der Waals surface area contributed by atoms with E-state index >= 15 is 0 Å². The van der Waals surface area contributed by atoms with Gasteiger partial charge in [-0.15, -0.1) is 0 Å². The maximum absolute atomic E-state index is 9.48. The summed E-state index contributed by atoms with van der Waals surface area (Å²) in [6.45, 7) is 2.16. The lowest BCUT2D eigenvalue weighted by Gasteiger charge is -2.27. The van der Waals surface area contributed by atoms with Crippen molar-refractivity contribution in [3.63, 3.8) is 0 Å². The monoisotopic (exact) mass is 264 g/mol. The number of nitrogens with one attached hydrogen (secondary N) is 1. The molecule has 2 atom stereocenters. The highest BCUT2D eigenvalue weighted by Gasteiger charge is 2.29. The van der Waals surface area contributed by atoms with E-state index in [9.17, 15) is 5.26 Å². The summed E-state index contributed by atoms with van der Waals surface area (Å²) >= 11 is 1.69. The zero-order valence-electron chi connectivity index (χ0n) is 10.9. The van der Waals surface area contributed by atoms with Crippen molar-refractivity contribution in [3.05, 3.63) is 35.9 Å². The minimum Gasteiger partial charge on any atom is -0.395 e. The molecule has 1 aromatic rings. The Bertz CT molecular complexity index is 391. The van der Waals surface area contributed by atoms with Gasteiger partial charge in [-0.05, 0) is 24.8 Å². The highest BCUT2D eigenvalue weighted by Crippen LogP contribution is 2.26. The minimum absolute atomic E-state index is 0.176. The molecule has 0 spiro atoms. The zero-order valence-corrected chi connectivity index (χ0v) is 11.7. The van der Waals surface area contributed by atoms with Crippen molar-refractivity contribution in [3.8, 4) is 6.07 Å². The van der Waals surface area contributed by atoms with Crippen LogP contribution in [0.25, 0.3) is 0 Å². The largest absolute Gasteiger partial charge is 0.395 e. The Kier molecular flexibility index (Phi) is 6.20. The van der Waals surface area contributed by atoms with Crippen LogP contribution >= 0.6 is 11.8 Å². The first-order valence-electron chi connectivity index (χ1n) is 6.06. The molecule has 1 aromatic carbocycles. The van der Waals surface area contributed by atoms with Crippen LogP contribution < -0.4 is 5.32 Å². The van der Waals surface area contributed by atoms with Crippen LogP contribution in [0.3, 0.4) is 0 Å². The second-order valence-corrected chi connectivity index (χ2v) is 5.79. The van der Waals surface area contributed by atoms with Crippen molar-refractivity contribution < 1.29 is 5.11 Å². The van der Waals surface area contributed by atoms with Gasteiger partial charge in [0.2, 0.25) is 0 Å². The predicted molar refractivity (Wildman–Crippen MR) is 76.4 cm³/mol. The highest BCUT2D eigenvalue weighted by atomic mass is 32.2. The van der Waals surface area contributed by atoms with Gasteiger partial charge in [0.05, 0.1) is 12.7 Å². The topological polar surface area (TPSA) is 56.0 Å². The third kappa shape index (κ3) is 3.74. The van der Waals surface area contributed by atoms with Gasteiger partial charge in [-0.2, -0.15) is 17.0 Å². The first-order valence-corrected chi connectivity index (χ1v) is 7.11. The standard InChI is InChI=1S/C14H20N2OS/c1-12(10-17)18-9-8-14(11-15,16-2)13-6-4-3-5-7-13/h3-7,12,16-17H,8-10H2,1-2H3. The van der Waals surface area contributed by atoms with E-state index in [1.165, 1.54) is 0 Å². The summed E-state index contributed by atoms with van der Waals surface area (Å²) in [4.78, 5) is 0. The maximum Gasteiger partial charge on any atom is 0.132 e. The molecule has 2 N–H and O–H groups in total. The third-order valence-electron chi connectivity index (χ3n) is 3.02. The summed E-state index contributed by atoms with van der Waals surface area (Å²) in [6.07, 6.45) is 0.721. The van der Waals surface area contributed by atoms with Crippen LogP contribution in [0, 0.1) is 11.3 Å². The predicted octanol–water partition coefficient (Wildman–Crippen LogP) is 2.13. The Labute approximate surface area is 113 Å². The maximum atomic E-state index is 9.48. The Morgan fingerprint density at radius 1 is 1.44 bits per heavy atom. The van der Waals surface area contributed by atoms with E-state index in [4.69, 9.17) is 5.11 Å². The summed E-state index contributed by atoms with van der Waals surface area (Å²) in [5, 5.41) is 21.8. The lowest BCUT2D eigenvalue weighted by molar-refractivity contribution is 0.300. The van der Waals surface area contributed by atoms with Gasteiger partial charge in [-0.3, -0.25) is 5.32 Å². The van der Waals surface area contributed by atoms with Gasteiger partial charge in [-0.1, -0.05) is 37.3 Å². The van der Waals surface area contributed by atoms with Crippen LogP contribution in [0.15, 0.2) is 30.3 Å². The number of benzene rings is 1. The van der Waals surface area contributed by atoms with Crippen LogP contribution in [-0.2, 0) is 5.54 Å². The Balaban J connectivity index is 2.73. The second kappa shape index (κ2) is 7.42. The number of hydrogen-bond acceptors (Lipinski definition) is 4. The van der Waals surface area contributed by atoms with Crippen LogP contribution in [0.2, 0.25) is 0 Å². The molecular weight excluding hydrogens is 244 g/mol. The summed E-state index contributed by atoms with van der Waals surface area (Å²) in [5.74, 6) is 0.838. The summed E-state index contributed by atoms with van der Waals surface area (Å²) < 4.78 is 0. The Morgan fingerprint density at radius 2 is 2.11 bits per heavy atom. The van der Waals surface area contributed by atoms with Crippen LogP contribution in [0.1, 0.15) is 18.9 Å². The van der Waals surface area contributed by atoms with Crippen LogP contribution in [0.5, 0.6) is 0 Å². The first kappa shape index (κ1) is 15.0. The molecule has 0 bridgehead atoms. The van der Waals surface area contributed by atoms with Gasteiger partial charge >= 0.3 is 0 Å². The first-order chi connectivity index (χ1) is 8.68. The fraction of sp³-hybridized carbons (Fsp3) is 0.500. The number of nitriles is 1. The average Bonchev–Trinajstić information content (AvgIpc) is 2.44. The molecule has 0 fully saturated rings. The highest BCUT2D eigenvalue weighted by molar-refractivity contribution is 7.99. The minimum atomic E-state index is -0.635. The SMILES string of the molecule is CNC(C#N)(CCSC(C)CO)c1ccccc1. The molecule has 1 rings (SSSR count). The van der Waals surface area contributed by atoms with Crippen molar-refractivity contribution in [2.24, 2.45) is 0 Å². The lowest BCUT2D eigenvalue weighted by Crippen LogP contribution is -2.39. The fourth-order valence-corrected chi connectivity index (χ4v) is 2.71. The number of rotatable bonds is 7. The number of aliphatic hydroxyl groups is 1. The van der Waals surface area contributed by atoms with Gasteiger partial charge in [0.15, 0.2) is 0 Å². The van der Waals surface area contributed by atoms with E-state index < -0.39 is 5.54 Å². The smallest absolute Gasteiger partial charge is 0.132 e. The van der Waals surface area contributed by atoms with E-state index in [-0.39, 0.29) is 11.9 Å². The van der Waals surface area contributed by atoms with Crippen molar-refractivity contribution >= 4 is 11.8 Å². The van der Waals surface area contributed by atoms with E-state index in [2.05, 4.69) is 11.4 Å². The number of aliphatic hydroxyl groups excluding tert-OH is 1. The molecule has 0 aromatic heterocycles. The van der Waals surface area contributed by atoms with Crippen molar-refractivity contribution in [1.29, 1.82) is 5.26 Å². The molecule has 0 saturated heterocycles. The molecule has 0 aliphatic carbocycles. The van der Waals surface area contributed by atoms with Crippen molar-refractivity contribution in [2.75, 3.05) is 19.4 Å². The molecule has 0 aliphatic heterocycles. The third-order valence-corrected chi connectivity index (χ3v) is 4.18. The molecule has 0 aliphatic rings. The molecule has 18 heavy (non-hydrogen) atoms. The van der Waals surface area contributed by atoms with Crippen molar-refractivity contribution in [2.45, 2.75) is 24.1 Å². The van der Waals surface area contributed by atoms with Crippen molar-refractivity contribution in [1.82, 2.24) is 5.32 Å². The van der Waals surface area contributed by atoms with E-state index in [0.29, 0.717) is 0 Å². The molecule has 0 amide bonds. The molecule has 2 unspecified atom stereocenters. The summed E-state index contributed by atoms with van der Waals surface area (Å²) in [5.41, 5.74) is 0.357. The molecule has 0 saturated carbocycles. The molecular formula is C14H20N2OS. The second-order valence-electron chi connectivity index (χ2n) is 4.25. The van der Waals surface area contributed by atoms with Gasteiger partial charge in [0.1, 0.15) is 5.54 Å².